The van der Waals surface area contributed by atoms with Crippen LogP contribution in [0.1, 0.15) is 55.9 Å². The number of rotatable bonds is 0. The van der Waals surface area contributed by atoms with E-state index in [0.717, 1.165) is 0 Å². The number of halogens is 7. The molecule has 0 unspecified atom stereocenters. The average Bonchev–Trinajstić information content (AvgIpc) is 2.83. The second-order valence-electron chi connectivity index (χ2n) is 10.2. The molecule has 204 valence electrons. The molecule has 2 aromatic heterocycles. The summed E-state index contributed by atoms with van der Waals surface area (Å²) >= 11 is 0. The zero-order valence-corrected chi connectivity index (χ0v) is 23.2. The maximum Gasteiger partial charge on any atom is 2.00 e. The van der Waals surface area contributed by atoms with Gasteiger partial charge in [-0.05, 0) is 32.0 Å². The summed E-state index contributed by atoms with van der Waals surface area (Å²) in [5.41, 5.74) is -6.53. The van der Waals surface area contributed by atoms with E-state index in [1.165, 1.54) is 12.1 Å². The summed E-state index contributed by atoms with van der Waals surface area (Å²) in [6.07, 6.45) is -5.48. The number of hydrogen-bond donors (Lipinski definition) is 0. The zero-order chi connectivity index (χ0) is 27.8. The molecule has 0 spiro atoms. The van der Waals surface area contributed by atoms with Crippen molar-refractivity contribution >= 4 is 0 Å². The maximum absolute atomic E-state index is 15.4. The molecule has 0 radical (unpaired) electrons. The van der Waals surface area contributed by atoms with Crippen molar-refractivity contribution in [1.29, 1.82) is 0 Å². The molecule has 10 heteroatoms. The van der Waals surface area contributed by atoms with E-state index in [1.807, 2.05) is 0 Å². The molecule has 0 fully saturated rings. The van der Waals surface area contributed by atoms with Crippen LogP contribution in [0.3, 0.4) is 0 Å². The minimum Gasteiger partial charge on any atom is -0.291 e. The molecule has 39 heavy (non-hydrogen) atoms. The largest absolute Gasteiger partial charge is 2.00 e. The molecule has 2 nitrogen and oxygen atoms in total. The first-order chi connectivity index (χ1) is 17.6. The summed E-state index contributed by atoms with van der Waals surface area (Å²) in [6.45, 7) is 6.68. The van der Waals surface area contributed by atoms with E-state index in [4.69, 9.17) is 4.98 Å². The van der Waals surface area contributed by atoms with Gasteiger partial charge < -0.3 is 0 Å². The van der Waals surface area contributed by atoms with Crippen LogP contribution in [0.4, 0.5) is 30.7 Å². The Hall–Kier alpha value is -3.06. The SMILES string of the molecule is CC1(C)c2cccc(n2)-c2[c-]c(c(F)c(C(F)(F)F)c2F)-c2[c-]c(c(F)cc2F)C(C)(C)c2cccc1n2.[Pt+2]. The molecule has 2 aromatic carbocycles. The minimum absolute atomic E-state index is 0. The molecular formula is C29H19F7N2Pt. The third-order valence-electron chi connectivity index (χ3n) is 6.94. The molecule has 1 aliphatic rings. The number of benzene rings is 2. The standard InChI is InChI=1S/C29H19F7N2.Pt/c1-27(2)17-12-14(18(30)13-19(17)31)15-11-16(26(33)24(25(15)32)29(34,35)36)20-7-5-8-22(37-20)28(3,4)23-10-6-9-21(27)38-23;/h5-10,13H,1-4H3;/q-2;+2. The van der Waals surface area contributed by atoms with Crippen LogP contribution in [0.2, 0.25) is 0 Å². The van der Waals surface area contributed by atoms with Crippen molar-refractivity contribution in [2.45, 2.75) is 44.7 Å². The van der Waals surface area contributed by atoms with Crippen LogP contribution in [0.15, 0.2) is 42.5 Å². The van der Waals surface area contributed by atoms with Gasteiger partial charge in [-0.25, -0.2) is 0 Å². The number of aromatic nitrogens is 2. The van der Waals surface area contributed by atoms with Crippen molar-refractivity contribution in [2.24, 2.45) is 0 Å². The fraction of sp³-hybridized carbons (Fsp3) is 0.241. The molecule has 0 aliphatic carbocycles. The van der Waals surface area contributed by atoms with E-state index in [2.05, 4.69) is 17.1 Å². The van der Waals surface area contributed by atoms with Crippen LogP contribution in [0, 0.1) is 35.4 Å². The maximum atomic E-state index is 15.4. The topological polar surface area (TPSA) is 25.8 Å². The van der Waals surface area contributed by atoms with E-state index in [9.17, 15) is 13.2 Å². The summed E-state index contributed by atoms with van der Waals surface area (Å²) in [6, 6.07) is 14.5. The Morgan fingerprint density at radius 1 is 0.667 bits per heavy atom. The minimum atomic E-state index is -5.48. The molecule has 1 aliphatic heterocycles. The van der Waals surface area contributed by atoms with Crippen LogP contribution in [0.25, 0.3) is 22.4 Å². The first kappa shape index (κ1) is 28.9. The van der Waals surface area contributed by atoms with Crippen LogP contribution >= 0.6 is 0 Å². The average molecular weight is 724 g/mol. The Morgan fingerprint density at radius 3 is 1.82 bits per heavy atom. The smallest absolute Gasteiger partial charge is 0.291 e. The molecule has 8 bridgehead atoms. The summed E-state index contributed by atoms with van der Waals surface area (Å²) < 4.78 is 103. The normalized spacial score (nSPS) is 15.3. The predicted molar refractivity (Wildman–Crippen MR) is 126 cm³/mol. The summed E-state index contributed by atoms with van der Waals surface area (Å²) in [7, 11) is 0. The van der Waals surface area contributed by atoms with Crippen molar-refractivity contribution in [1.82, 2.24) is 9.97 Å². The van der Waals surface area contributed by atoms with E-state index in [0.29, 0.717) is 23.1 Å². The van der Waals surface area contributed by atoms with Crippen molar-refractivity contribution < 1.29 is 51.8 Å². The van der Waals surface area contributed by atoms with E-state index in [-0.39, 0.29) is 32.3 Å². The van der Waals surface area contributed by atoms with Gasteiger partial charge in [0, 0.05) is 45.4 Å². The number of alkyl halides is 3. The van der Waals surface area contributed by atoms with Crippen molar-refractivity contribution in [2.75, 3.05) is 0 Å². The van der Waals surface area contributed by atoms with Gasteiger partial charge in [0.1, 0.15) is 0 Å². The Morgan fingerprint density at radius 2 is 1.21 bits per heavy atom. The second kappa shape index (κ2) is 9.54. The summed E-state index contributed by atoms with van der Waals surface area (Å²) in [4.78, 5) is 9.11. The first-order valence-electron chi connectivity index (χ1n) is 11.5. The summed E-state index contributed by atoms with van der Waals surface area (Å²) in [5, 5.41) is 0. The van der Waals surface area contributed by atoms with Gasteiger partial charge in [-0.3, -0.25) is 27.5 Å². The Labute approximate surface area is 234 Å². The van der Waals surface area contributed by atoms with Gasteiger partial charge >= 0.3 is 27.2 Å². The molecule has 0 saturated carbocycles. The number of hydrogen-bond acceptors (Lipinski definition) is 2. The van der Waals surface area contributed by atoms with Gasteiger partial charge in [-0.15, -0.1) is 0 Å². The number of fused-ring (bicyclic) bond motifs is 10. The molecule has 4 aromatic rings. The van der Waals surface area contributed by atoms with Crippen LogP contribution in [0.5, 0.6) is 0 Å². The van der Waals surface area contributed by atoms with Crippen LogP contribution in [-0.4, -0.2) is 9.97 Å². The van der Waals surface area contributed by atoms with Gasteiger partial charge in [0.05, 0.1) is 17.1 Å². The third-order valence-corrected chi connectivity index (χ3v) is 6.94. The van der Waals surface area contributed by atoms with Gasteiger partial charge in [0.2, 0.25) is 0 Å². The van der Waals surface area contributed by atoms with Crippen LogP contribution in [-0.2, 0) is 38.1 Å². The van der Waals surface area contributed by atoms with Gasteiger partial charge in [-0.1, -0.05) is 49.2 Å². The quantitative estimate of drug-likeness (QED) is 0.136. The van der Waals surface area contributed by atoms with Gasteiger partial charge in [0.15, 0.2) is 0 Å². The van der Waals surface area contributed by atoms with Gasteiger partial charge in [-0.2, -0.15) is 36.4 Å². The fourth-order valence-corrected chi connectivity index (χ4v) is 4.63. The Bertz CT molecular complexity index is 1610. The monoisotopic (exact) mass is 723 g/mol. The number of nitrogens with zero attached hydrogens (tertiary/aromatic N) is 2. The van der Waals surface area contributed by atoms with E-state index < -0.39 is 62.5 Å². The summed E-state index contributed by atoms with van der Waals surface area (Å²) in [5.74, 6) is -6.48. The predicted octanol–water partition coefficient (Wildman–Crippen LogP) is 7.95. The second-order valence-corrected chi connectivity index (χ2v) is 10.2. The van der Waals surface area contributed by atoms with Crippen LogP contribution < -0.4 is 0 Å². The van der Waals surface area contributed by atoms with Gasteiger partial charge in [0.25, 0.3) is 0 Å². The van der Waals surface area contributed by atoms with E-state index in [1.54, 1.807) is 52.0 Å². The van der Waals surface area contributed by atoms with Crippen molar-refractivity contribution in [3.63, 3.8) is 0 Å². The molecule has 0 saturated heterocycles. The molecule has 0 atom stereocenters. The van der Waals surface area contributed by atoms with Crippen molar-refractivity contribution in [3.8, 4) is 22.4 Å². The fourth-order valence-electron chi connectivity index (χ4n) is 4.63. The molecule has 5 rings (SSSR count). The first-order valence-corrected chi connectivity index (χ1v) is 11.5. The molecule has 0 amide bonds. The molecule has 3 heterocycles. The Kier molecular flexibility index (Phi) is 7.08. The zero-order valence-electron chi connectivity index (χ0n) is 20.9. The van der Waals surface area contributed by atoms with Crippen molar-refractivity contribution in [3.05, 3.63) is 106 Å². The molecular weight excluding hydrogens is 704 g/mol. The van der Waals surface area contributed by atoms with E-state index >= 15 is 17.6 Å². The Balaban J connectivity index is 0.00000353. The molecule has 0 N–H and O–H groups in total. The number of pyridine rings is 2. The third kappa shape index (κ3) is 4.58.